The Morgan fingerprint density at radius 3 is 2.72 bits per heavy atom. The number of halogens is 1. The average Bonchev–Trinajstić information content (AvgIpc) is 3.02. The molecular formula is C19H17ClN2OS2. The third kappa shape index (κ3) is 5.88. The Labute approximate surface area is 160 Å². The highest BCUT2D eigenvalue weighted by atomic mass is 35.5. The highest BCUT2D eigenvalue weighted by Crippen LogP contribution is 2.23. The van der Waals surface area contributed by atoms with Gasteiger partial charge in [-0.25, -0.2) is 4.98 Å². The molecule has 0 radical (unpaired) electrons. The van der Waals surface area contributed by atoms with Crippen molar-refractivity contribution in [2.45, 2.75) is 12.2 Å². The van der Waals surface area contributed by atoms with Crippen LogP contribution in [0.5, 0.6) is 0 Å². The molecule has 25 heavy (non-hydrogen) atoms. The van der Waals surface area contributed by atoms with Gasteiger partial charge in [0.15, 0.2) is 5.13 Å². The minimum atomic E-state index is -0.0235. The molecule has 128 valence electrons. The molecule has 0 saturated heterocycles. The number of hydrogen-bond donors (Lipinski definition) is 1. The van der Waals surface area contributed by atoms with Crippen LogP contribution in [0.25, 0.3) is 0 Å². The van der Waals surface area contributed by atoms with Crippen LogP contribution in [0, 0.1) is 0 Å². The predicted molar refractivity (Wildman–Crippen MR) is 108 cm³/mol. The molecule has 1 aromatic heterocycles. The highest BCUT2D eigenvalue weighted by Gasteiger charge is 2.08. The number of rotatable bonds is 7. The average molecular weight is 389 g/mol. The summed E-state index contributed by atoms with van der Waals surface area (Å²) in [5.41, 5.74) is 2.35. The second-order valence-corrected chi connectivity index (χ2v) is 8.00. The van der Waals surface area contributed by atoms with Gasteiger partial charge in [0.05, 0.1) is 5.75 Å². The fourth-order valence-corrected chi connectivity index (χ4v) is 4.15. The van der Waals surface area contributed by atoms with E-state index in [1.165, 1.54) is 16.9 Å². The Morgan fingerprint density at radius 2 is 1.92 bits per heavy atom. The molecule has 0 aliphatic carbocycles. The van der Waals surface area contributed by atoms with Gasteiger partial charge in [-0.3, -0.25) is 4.79 Å². The van der Waals surface area contributed by atoms with Crippen LogP contribution in [0.1, 0.15) is 16.0 Å². The minimum absolute atomic E-state index is 0.0235. The van der Waals surface area contributed by atoms with Crippen LogP contribution >= 0.6 is 34.7 Å². The molecular weight excluding hydrogens is 372 g/mol. The molecule has 2 aromatic carbocycles. The van der Waals surface area contributed by atoms with Crippen LogP contribution in [0.2, 0.25) is 5.02 Å². The first-order valence-electron chi connectivity index (χ1n) is 7.80. The van der Waals surface area contributed by atoms with E-state index in [2.05, 4.69) is 22.4 Å². The Kier molecular flexibility index (Phi) is 6.50. The zero-order valence-electron chi connectivity index (χ0n) is 13.4. The summed E-state index contributed by atoms with van der Waals surface area (Å²) in [7, 11) is 0. The van der Waals surface area contributed by atoms with Gasteiger partial charge in [-0.1, -0.05) is 54.1 Å². The summed E-state index contributed by atoms with van der Waals surface area (Å²) in [4.78, 5) is 17.4. The smallest absolute Gasteiger partial charge is 0.236 e. The van der Waals surface area contributed by atoms with E-state index in [9.17, 15) is 4.79 Å². The van der Waals surface area contributed by atoms with E-state index in [0.29, 0.717) is 10.9 Å². The van der Waals surface area contributed by atoms with E-state index in [-0.39, 0.29) is 5.91 Å². The number of nitrogens with one attached hydrogen (secondary N) is 1. The van der Waals surface area contributed by atoms with Crippen LogP contribution in [-0.4, -0.2) is 16.6 Å². The summed E-state index contributed by atoms with van der Waals surface area (Å²) in [6.07, 6.45) is 2.56. The Balaban J connectivity index is 1.46. The topological polar surface area (TPSA) is 42.0 Å². The van der Waals surface area contributed by atoms with Crippen LogP contribution < -0.4 is 5.32 Å². The highest BCUT2D eigenvalue weighted by molar-refractivity contribution is 7.99. The van der Waals surface area contributed by atoms with E-state index in [1.807, 2.05) is 42.5 Å². The van der Waals surface area contributed by atoms with Gasteiger partial charge in [0.25, 0.3) is 0 Å². The normalized spacial score (nSPS) is 10.6. The van der Waals surface area contributed by atoms with E-state index < -0.39 is 0 Å². The lowest BCUT2D eigenvalue weighted by atomic mass is 10.1. The van der Waals surface area contributed by atoms with Gasteiger partial charge >= 0.3 is 0 Å². The summed E-state index contributed by atoms with van der Waals surface area (Å²) in [5, 5.41) is 4.24. The van der Waals surface area contributed by atoms with Crippen LogP contribution in [0.4, 0.5) is 5.13 Å². The van der Waals surface area contributed by atoms with Gasteiger partial charge in [0.1, 0.15) is 0 Å². The molecule has 3 aromatic rings. The van der Waals surface area contributed by atoms with Crippen molar-refractivity contribution in [2.24, 2.45) is 0 Å². The molecule has 0 unspecified atom stereocenters. The van der Waals surface area contributed by atoms with Gasteiger partial charge in [-0.2, -0.15) is 0 Å². The SMILES string of the molecule is O=C(CSCc1ccccc1)Nc1ncc(Cc2cccc(Cl)c2)s1. The van der Waals surface area contributed by atoms with Gasteiger partial charge in [0.2, 0.25) is 5.91 Å². The van der Waals surface area contributed by atoms with Gasteiger partial charge < -0.3 is 5.32 Å². The molecule has 1 N–H and O–H groups in total. The number of carbonyl (C=O) groups excluding carboxylic acids is 1. The molecule has 0 atom stereocenters. The number of carbonyl (C=O) groups is 1. The number of benzene rings is 2. The van der Waals surface area contributed by atoms with Crippen molar-refractivity contribution in [1.29, 1.82) is 0 Å². The second-order valence-electron chi connectivity index (χ2n) is 5.46. The Morgan fingerprint density at radius 1 is 1.12 bits per heavy atom. The number of amides is 1. The van der Waals surface area contributed by atoms with Crippen LogP contribution in [0.3, 0.4) is 0 Å². The van der Waals surface area contributed by atoms with Crippen molar-refractivity contribution in [3.8, 4) is 0 Å². The fraction of sp³-hybridized carbons (Fsp3) is 0.158. The van der Waals surface area contributed by atoms with Gasteiger partial charge in [-0.15, -0.1) is 23.1 Å². The second kappa shape index (κ2) is 9.04. The van der Waals surface area contributed by atoms with Crippen LogP contribution in [-0.2, 0) is 17.0 Å². The first-order chi connectivity index (χ1) is 12.2. The third-order valence-corrected chi connectivity index (χ3v) is 5.56. The number of nitrogens with zero attached hydrogens (tertiary/aromatic N) is 1. The summed E-state index contributed by atoms with van der Waals surface area (Å²) in [5.74, 6) is 1.22. The fourth-order valence-electron chi connectivity index (χ4n) is 2.29. The minimum Gasteiger partial charge on any atom is -0.301 e. The van der Waals surface area contributed by atoms with Crippen molar-refractivity contribution in [1.82, 2.24) is 4.98 Å². The molecule has 0 aliphatic rings. The maximum atomic E-state index is 12.0. The van der Waals surface area contributed by atoms with E-state index in [0.717, 1.165) is 27.6 Å². The zero-order valence-corrected chi connectivity index (χ0v) is 15.8. The van der Waals surface area contributed by atoms with E-state index in [4.69, 9.17) is 11.6 Å². The van der Waals surface area contributed by atoms with Crippen molar-refractivity contribution < 1.29 is 4.79 Å². The largest absolute Gasteiger partial charge is 0.301 e. The standard InChI is InChI=1S/C19H17ClN2OS2/c20-16-8-4-7-15(9-16)10-17-11-21-19(25-17)22-18(23)13-24-12-14-5-2-1-3-6-14/h1-9,11H,10,12-13H2,(H,21,22,23). The molecule has 0 bridgehead atoms. The van der Waals surface area contributed by atoms with E-state index >= 15 is 0 Å². The number of thioether (sulfide) groups is 1. The quantitative estimate of drug-likeness (QED) is 0.600. The predicted octanol–water partition coefficient (Wildman–Crippen LogP) is 5.26. The zero-order chi connectivity index (χ0) is 17.5. The summed E-state index contributed by atoms with van der Waals surface area (Å²) >= 11 is 9.10. The Hall–Kier alpha value is -1.82. The molecule has 3 nitrogen and oxygen atoms in total. The van der Waals surface area contributed by atoms with E-state index in [1.54, 1.807) is 18.0 Å². The molecule has 3 rings (SSSR count). The molecule has 0 aliphatic heterocycles. The monoisotopic (exact) mass is 388 g/mol. The number of thiazole rings is 1. The van der Waals surface area contributed by atoms with Crippen LogP contribution in [0.15, 0.2) is 60.8 Å². The summed E-state index contributed by atoms with van der Waals surface area (Å²) in [6.45, 7) is 0. The lowest BCUT2D eigenvalue weighted by Gasteiger charge is -2.02. The maximum absolute atomic E-state index is 12.0. The molecule has 1 amide bonds. The van der Waals surface area contributed by atoms with Crippen molar-refractivity contribution in [3.63, 3.8) is 0 Å². The first kappa shape index (κ1) is 18.0. The molecule has 0 spiro atoms. The van der Waals surface area contributed by atoms with Crippen molar-refractivity contribution >= 4 is 45.7 Å². The molecule has 0 saturated carbocycles. The third-order valence-electron chi connectivity index (χ3n) is 3.41. The number of aromatic nitrogens is 1. The van der Waals surface area contributed by atoms with Gasteiger partial charge in [0, 0.05) is 28.3 Å². The molecule has 0 fully saturated rings. The summed E-state index contributed by atoms with van der Waals surface area (Å²) in [6, 6.07) is 17.9. The lowest BCUT2D eigenvalue weighted by Crippen LogP contribution is -2.13. The molecule has 6 heteroatoms. The number of hydrogen-bond acceptors (Lipinski definition) is 4. The number of anilines is 1. The lowest BCUT2D eigenvalue weighted by molar-refractivity contribution is -0.113. The maximum Gasteiger partial charge on any atom is 0.236 e. The van der Waals surface area contributed by atoms with Crippen molar-refractivity contribution in [3.05, 3.63) is 81.8 Å². The molecule has 1 heterocycles. The first-order valence-corrected chi connectivity index (χ1v) is 10.1. The van der Waals surface area contributed by atoms with Crippen molar-refractivity contribution in [2.75, 3.05) is 11.1 Å². The Bertz CT molecular complexity index is 836. The summed E-state index contributed by atoms with van der Waals surface area (Å²) < 4.78 is 0. The van der Waals surface area contributed by atoms with Gasteiger partial charge in [-0.05, 0) is 23.3 Å².